The number of nitrogens with two attached hydrogens (primary N) is 1. The normalized spacial score (nSPS) is 25.1. The highest BCUT2D eigenvalue weighted by Crippen LogP contribution is 2.37. The molecule has 2 aliphatic rings. The molecular weight excluding hydrogens is 311 g/mol. The summed E-state index contributed by atoms with van der Waals surface area (Å²) in [5.41, 5.74) is 5.23. The second-order valence-corrected chi connectivity index (χ2v) is 5.79. The molecule has 2 atom stereocenters. The predicted octanol–water partition coefficient (Wildman–Crippen LogP) is 2.65. The highest BCUT2D eigenvalue weighted by atomic mass is 19.4. The lowest BCUT2D eigenvalue weighted by molar-refractivity contribution is -0.138. The van der Waals surface area contributed by atoms with Crippen molar-refractivity contribution in [3.63, 3.8) is 0 Å². The minimum Gasteiger partial charge on any atom is -0.467 e. The average Bonchev–Trinajstić information content (AvgIpc) is 3.07. The van der Waals surface area contributed by atoms with Crippen LogP contribution in [0.15, 0.2) is 24.1 Å². The number of Topliss-reactive ketones (excluding diaryl/α,β-unsaturated/α-hetero) is 1. The molecule has 3 rings (SSSR count). The zero-order valence-corrected chi connectivity index (χ0v) is 12.4. The fraction of sp³-hybridized carbons (Fsp3) is 0.438. The van der Waals surface area contributed by atoms with Gasteiger partial charge in [-0.2, -0.15) is 13.2 Å². The Labute approximate surface area is 131 Å². The summed E-state index contributed by atoms with van der Waals surface area (Å²) in [6.45, 7) is 2.30. The number of hydrogen-bond acceptors (Lipinski definition) is 4. The van der Waals surface area contributed by atoms with Crippen LogP contribution in [0.4, 0.5) is 13.2 Å². The van der Waals surface area contributed by atoms with Crippen LogP contribution in [0.5, 0.6) is 0 Å². The highest BCUT2D eigenvalue weighted by Gasteiger charge is 2.42. The van der Waals surface area contributed by atoms with Crippen molar-refractivity contribution in [1.29, 1.82) is 0 Å². The van der Waals surface area contributed by atoms with Crippen molar-refractivity contribution in [2.75, 3.05) is 13.2 Å². The van der Waals surface area contributed by atoms with Crippen molar-refractivity contribution in [1.82, 2.24) is 0 Å². The second-order valence-electron chi connectivity index (χ2n) is 5.79. The van der Waals surface area contributed by atoms with E-state index in [1.807, 2.05) is 0 Å². The first-order valence-electron chi connectivity index (χ1n) is 7.25. The minimum atomic E-state index is -4.49. The van der Waals surface area contributed by atoms with E-state index in [-0.39, 0.29) is 34.3 Å². The molecule has 1 saturated heterocycles. The third-order valence-electron chi connectivity index (χ3n) is 4.23. The van der Waals surface area contributed by atoms with Gasteiger partial charge in [0.15, 0.2) is 12.0 Å². The summed E-state index contributed by atoms with van der Waals surface area (Å²) in [6.07, 6.45) is -4.60. The molecule has 0 bridgehead atoms. The summed E-state index contributed by atoms with van der Waals surface area (Å²) >= 11 is 0. The SMILES string of the molecule is Cc1ccc(C2=C(N)OC(C3CCOC3)C2=O)cc1C(F)(F)F. The molecule has 1 fully saturated rings. The van der Waals surface area contributed by atoms with E-state index in [9.17, 15) is 18.0 Å². The molecule has 0 amide bonds. The van der Waals surface area contributed by atoms with Gasteiger partial charge in [-0.25, -0.2) is 0 Å². The van der Waals surface area contributed by atoms with Gasteiger partial charge >= 0.3 is 6.18 Å². The summed E-state index contributed by atoms with van der Waals surface area (Å²) in [4.78, 5) is 12.5. The van der Waals surface area contributed by atoms with Gasteiger partial charge in [-0.15, -0.1) is 0 Å². The van der Waals surface area contributed by atoms with Crippen LogP contribution >= 0.6 is 0 Å². The molecule has 2 unspecified atom stereocenters. The van der Waals surface area contributed by atoms with Gasteiger partial charge in [0.1, 0.15) is 0 Å². The van der Waals surface area contributed by atoms with E-state index in [4.69, 9.17) is 15.2 Å². The van der Waals surface area contributed by atoms with Crippen LogP contribution in [-0.4, -0.2) is 25.1 Å². The van der Waals surface area contributed by atoms with Crippen LogP contribution in [0, 0.1) is 12.8 Å². The molecule has 1 aromatic carbocycles. The lowest BCUT2D eigenvalue weighted by Crippen LogP contribution is -2.28. The first kappa shape index (κ1) is 15.9. The molecule has 2 heterocycles. The molecule has 0 saturated carbocycles. The summed E-state index contributed by atoms with van der Waals surface area (Å²) in [5, 5.41) is 0. The summed E-state index contributed by atoms with van der Waals surface area (Å²) in [7, 11) is 0. The first-order valence-corrected chi connectivity index (χ1v) is 7.25. The van der Waals surface area contributed by atoms with Crippen molar-refractivity contribution in [3.8, 4) is 0 Å². The van der Waals surface area contributed by atoms with Crippen LogP contribution in [0.1, 0.15) is 23.1 Å². The summed E-state index contributed by atoms with van der Waals surface area (Å²) in [6, 6.07) is 3.74. The summed E-state index contributed by atoms with van der Waals surface area (Å²) < 4.78 is 49.8. The van der Waals surface area contributed by atoms with E-state index in [0.717, 1.165) is 6.07 Å². The molecule has 0 radical (unpaired) electrons. The second kappa shape index (κ2) is 5.56. The van der Waals surface area contributed by atoms with Crippen molar-refractivity contribution in [2.45, 2.75) is 25.6 Å². The van der Waals surface area contributed by atoms with E-state index >= 15 is 0 Å². The van der Waals surface area contributed by atoms with Gasteiger partial charge in [0.05, 0.1) is 17.7 Å². The van der Waals surface area contributed by atoms with Gasteiger partial charge in [0.25, 0.3) is 0 Å². The van der Waals surface area contributed by atoms with E-state index in [0.29, 0.717) is 19.6 Å². The zero-order valence-electron chi connectivity index (χ0n) is 12.4. The lowest BCUT2D eigenvalue weighted by Gasteiger charge is -2.15. The molecule has 0 aromatic heterocycles. The smallest absolute Gasteiger partial charge is 0.416 e. The number of carbonyl (C=O) groups excluding carboxylic acids is 1. The Morgan fingerprint density at radius 2 is 2.04 bits per heavy atom. The Morgan fingerprint density at radius 1 is 1.30 bits per heavy atom. The number of aryl methyl sites for hydroxylation is 1. The number of alkyl halides is 3. The van der Waals surface area contributed by atoms with Crippen LogP contribution in [0.25, 0.3) is 5.57 Å². The molecule has 1 aromatic rings. The van der Waals surface area contributed by atoms with Gasteiger partial charge in [0, 0.05) is 12.5 Å². The molecular formula is C16H16F3NO3. The fourth-order valence-electron chi connectivity index (χ4n) is 2.98. The van der Waals surface area contributed by atoms with Crippen molar-refractivity contribution >= 4 is 11.4 Å². The highest BCUT2D eigenvalue weighted by molar-refractivity contribution is 6.25. The first-order chi connectivity index (χ1) is 10.8. The molecule has 2 N–H and O–H groups in total. The summed E-state index contributed by atoms with van der Waals surface area (Å²) in [5.74, 6) is -0.620. The monoisotopic (exact) mass is 327 g/mol. The number of benzene rings is 1. The van der Waals surface area contributed by atoms with Gasteiger partial charge in [-0.1, -0.05) is 12.1 Å². The van der Waals surface area contributed by atoms with Crippen LogP contribution in [0.3, 0.4) is 0 Å². The maximum absolute atomic E-state index is 13.1. The fourth-order valence-corrected chi connectivity index (χ4v) is 2.98. The van der Waals surface area contributed by atoms with Gasteiger partial charge in [0.2, 0.25) is 5.78 Å². The molecule has 7 heteroatoms. The maximum Gasteiger partial charge on any atom is 0.416 e. The number of hydrogen-bond donors (Lipinski definition) is 1. The standard InChI is InChI=1S/C16H16F3NO3/c1-8-2-3-9(6-11(8)16(17,18)19)12-13(21)14(23-15(12)20)10-4-5-22-7-10/h2-3,6,10,14H,4-5,7,20H2,1H3. The Hall–Kier alpha value is -2.02. The minimum absolute atomic E-state index is 0.0207. The number of rotatable bonds is 2. The largest absolute Gasteiger partial charge is 0.467 e. The number of carbonyl (C=O) groups is 1. The Kier molecular flexibility index (Phi) is 3.83. The van der Waals surface area contributed by atoms with Crippen LogP contribution in [-0.2, 0) is 20.4 Å². The Morgan fingerprint density at radius 3 is 2.65 bits per heavy atom. The average molecular weight is 327 g/mol. The lowest BCUT2D eigenvalue weighted by atomic mass is 9.91. The number of ether oxygens (including phenoxy) is 2. The topological polar surface area (TPSA) is 61.6 Å². The molecule has 4 nitrogen and oxygen atoms in total. The zero-order chi connectivity index (χ0) is 16.8. The van der Waals surface area contributed by atoms with Crippen molar-refractivity contribution in [3.05, 3.63) is 40.8 Å². The Balaban J connectivity index is 1.95. The third kappa shape index (κ3) is 2.81. The maximum atomic E-state index is 13.1. The van der Waals surface area contributed by atoms with E-state index in [1.54, 1.807) is 0 Å². The molecule has 0 spiro atoms. The Bertz CT molecular complexity index is 676. The molecule has 2 aliphatic heterocycles. The van der Waals surface area contributed by atoms with E-state index in [2.05, 4.69) is 0 Å². The van der Waals surface area contributed by atoms with Crippen LogP contribution < -0.4 is 5.73 Å². The van der Waals surface area contributed by atoms with Crippen molar-refractivity contribution in [2.24, 2.45) is 11.7 Å². The predicted molar refractivity (Wildman–Crippen MR) is 76.1 cm³/mol. The van der Waals surface area contributed by atoms with Crippen molar-refractivity contribution < 1.29 is 27.4 Å². The number of halogens is 3. The van der Waals surface area contributed by atoms with Gasteiger partial charge in [-0.05, 0) is 30.5 Å². The molecule has 23 heavy (non-hydrogen) atoms. The van der Waals surface area contributed by atoms with Gasteiger partial charge < -0.3 is 15.2 Å². The quantitative estimate of drug-likeness (QED) is 0.907. The third-order valence-corrected chi connectivity index (χ3v) is 4.23. The van der Waals surface area contributed by atoms with Crippen LogP contribution in [0.2, 0.25) is 0 Å². The molecule has 124 valence electrons. The van der Waals surface area contributed by atoms with E-state index < -0.39 is 17.8 Å². The number of ketones is 1. The molecule has 0 aliphatic carbocycles. The van der Waals surface area contributed by atoms with Gasteiger partial charge in [-0.3, -0.25) is 4.79 Å². The van der Waals surface area contributed by atoms with E-state index in [1.165, 1.54) is 19.1 Å².